The molecule has 0 atom stereocenters. The SMILES string of the molecule is CCCCCc1ccc(C(=O)Oc2ccc(C(=O)OCCCC)cc2)cc1. The van der Waals surface area contributed by atoms with Gasteiger partial charge in [0.1, 0.15) is 5.75 Å². The summed E-state index contributed by atoms with van der Waals surface area (Å²) in [6.07, 6.45) is 6.42. The van der Waals surface area contributed by atoms with Gasteiger partial charge < -0.3 is 9.47 Å². The van der Waals surface area contributed by atoms with Gasteiger partial charge in [-0.05, 0) is 61.2 Å². The van der Waals surface area contributed by atoms with Crippen LogP contribution in [0.25, 0.3) is 0 Å². The van der Waals surface area contributed by atoms with Crippen molar-refractivity contribution in [1.82, 2.24) is 0 Å². The molecule has 0 N–H and O–H groups in total. The maximum absolute atomic E-state index is 12.3. The number of benzene rings is 2. The molecule has 0 amide bonds. The van der Waals surface area contributed by atoms with E-state index in [0.717, 1.165) is 25.7 Å². The van der Waals surface area contributed by atoms with Gasteiger partial charge in [-0.15, -0.1) is 0 Å². The molecule has 0 heterocycles. The van der Waals surface area contributed by atoms with E-state index < -0.39 is 5.97 Å². The van der Waals surface area contributed by atoms with Crippen LogP contribution in [0.3, 0.4) is 0 Å². The third-order valence-corrected chi connectivity index (χ3v) is 4.29. The van der Waals surface area contributed by atoms with Crippen LogP contribution in [0, 0.1) is 0 Å². The normalized spacial score (nSPS) is 10.4. The van der Waals surface area contributed by atoms with Gasteiger partial charge >= 0.3 is 11.9 Å². The maximum Gasteiger partial charge on any atom is 0.343 e. The van der Waals surface area contributed by atoms with E-state index in [-0.39, 0.29) is 5.97 Å². The number of unbranched alkanes of at least 4 members (excludes halogenated alkanes) is 3. The average Bonchev–Trinajstić information content (AvgIpc) is 2.69. The van der Waals surface area contributed by atoms with Crippen molar-refractivity contribution in [2.75, 3.05) is 6.61 Å². The lowest BCUT2D eigenvalue weighted by Gasteiger charge is -2.07. The highest BCUT2D eigenvalue weighted by Crippen LogP contribution is 2.16. The second kappa shape index (κ2) is 11.2. The van der Waals surface area contributed by atoms with Crippen LogP contribution in [0.4, 0.5) is 0 Å². The first-order valence-electron chi connectivity index (χ1n) is 9.72. The first-order valence-corrected chi connectivity index (χ1v) is 9.72. The van der Waals surface area contributed by atoms with Crippen LogP contribution in [0.15, 0.2) is 48.5 Å². The number of aryl methyl sites for hydroxylation is 1. The van der Waals surface area contributed by atoms with Crippen LogP contribution in [0.5, 0.6) is 5.75 Å². The molecule has 0 bridgehead atoms. The van der Waals surface area contributed by atoms with Crippen LogP contribution >= 0.6 is 0 Å². The van der Waals surface area contributed by atoms with E-state index in [1.807, 2.05) is 19.1 Å². The Kier molecular flexibility index (Phi) is 8.56. The van der Waals surface area contributed by atoms with Gasteiger partial charge in [-0.2, -0.15) is 0 Å². The summed E-state index contributed by atoms with van der Waals surface area (Å²) < 4.78 is 10.5. The first-order chi connectivity index (χ1) is 13.1. The molecule has 0 aliphatic heterocycles. The lowest BCUT2D eigenvalue weighted by molar-refractivity contribution is 0.0499. The van der Waals surface area contributed by atoms with Gasteiger partial charge in [-0.25, -0.2) is 9.59 Å². The zero-order chi connectivity index (χ0) is 19.5. The summed E-state index contributed by atoms with van der Waals surface area (Å²) in [5.74, 6) is -0.370. The molecule has 0 spiro atoms. The molecule has 2 rings (SSSR count). The zero-order valence-electron chi connectivity index (χ0n) is 16.2. The number of carbonyl (C=O) groups excluding carboxylic acids is 2. The Morgan fingerprint density at radius 2 is 1.33 bits per heavy atom. The summed E-state index contributed by atoms with van der Waals surface area (Å²) in [4.78, 5) is 24.1. The van der Waals surface area contributed by atoms with Gasteiger partial charge in [-0.3, -0.25) is 0 Å². The van der Waals surface area contributed by atoms with E-state index in [1.165, 1.54) is 18.4 Å². The molecule has 0 aliphatic carbocycles. The number of ether oxygens (including phenoxy) is 2. The van der Waals surface area contributed by atoms with Crippen molar-refractivity contribution in [2.45, 2.75) is 52.4 Å². The van der Waals surface area contributed by atoms with Crippen molar-refractivity contribution in [3.63, 3.8) is 0 Å². The lowest BCUT2D eigenvalue weighted by Crippen LogP contribution is -2.09. The summed E-state index contributed by atoms with van der Waals surface area (Å²) >= 11 is 0. The van der Waals surface area contributed by atoms with E-state index in [0.29, 0.717) is 23.5 Å². The molecule has 0 aliphatic rings. The second-order valence-corrected chi connectivity index (χ2v) is 6.56. The highest BCUT2D eigenvalue weighted by atomic mass is 16.5. The Morgan fingerprint density at radius 1 is 0.741 bits per heavy atom. The Bertz CT molecular complexity index is 717. The molecule has 4 heteroatoms. The predicted molar refractivity (Wildman–Crippen MR) is 106 cm³/mol. The molecule has 2 aromatic carbocycles. The third kappa shape index (κ3) is 6.89. The number of rotatable bonds is 10. The quantitative estimate of drug-likeness (QED) is 0.311. The number of carbonyl (C=O) groups is 2. The van der Waals surface area contributed by atoms with E-state index in [2.05, 4.69) is 6.92 Å². The Hall–Kier alpha value is -2.62. The van der Waals surface area contributed by atoms with Crippen LogP contribution in [0.1, 0.15) is 72.2 Å². The minimum Gasteiger partial charge on any atom is -0.462 e. The summed E-state index contributed by atoms with van der Waals surface area (Å²) in [6, 6.07) is 14.0. The largest absolute Gasteiger partial charge is 0.462 e. The van der Waals surface area contributed by atoms with Crippen LogP contribution in [-0.2, 0) is 11.2 Å². The van der Waals surface area contributed by atoms with Crippen molar-refractivity contribution >= 4 is 11.9 Å². The van der Waals surface area contributed by atoms with Crippen molar-refractivity contribution in [1.29, 1.82) is 0 Å². The lowest BCUT2D eigenvalue weighted by atomic mass is 10.1. The van der Waals surface area contributed by atoms with Crippen LogP contribution < -0.4 is 4.74 Å². The molecule has 144 valence electrons. The number of hydrogen-bond donors (Lipinski definition) is 0. The standard InChI is InChI=1S/C23H28O4/c1-3-5-7-8-18-9-11-20(12-10-18)23(25)27-21-15-13-19(14-16-21)22(24)26-17-6-4-2/h9-16H,3-8,17H2,1-2H3. The molecular formula is C23H28O4. The monoisotopic (exact) mass is 368 g/mol. The summed E-state index contributed by atoms with van der Waals surface area (Å²) in [5.41, 5.74) is 2.19. The minimum atomic E-state index is -0.409. The topological polar surface area (TPSA) is 52.6 Å². The van der Waals surface area contributed by atoms with Crippen LogP contribution in [-0.4, -0.2) is 18.5 Å². The van der Waals surface area contributed by atoms with Crippen molar-refractivity contribution in [3.05, 3.63) is 65.2 Å². The van der Waals surface area contributed by atoms with Gasteiger partial charge in [0.2, 0.25) is 0 Å². The fourth-order valence-corrected chi connectivity index (χ4v) is 2.60. The van der Waals surface area contributed by atoms with Crippen molar-refractivity contribution in [2.24, 2.45) is 0 Å². The molecule has 0 unspecified atom stereocenters. The highest BCUT2D eigenvalue weighted by molar-refractivity contribution is 5.92. The Labute approximate surface area is 161 Å². The summed E-state index contributed by atoms with van der Waals surface area (Å²) in [7, 11) is 0. The zero-order valence-corrected chi connectivity index (χ0v) is 16.2. The second-order valence-electron chi connectivity index (χ2n) is 6.56. The van der Waals surface area contributed by atoms with Gasteiger partial charge in [0.05, 0.1) is 17.7 Å². The van der Waals surface area contributed by atoms with E-state index in [9.17, 15) is 9.59 Å². The third-order valence-electron chi connectivity index (χ3n) is 4.29. The fourth-order valence-electron chi connectivity index (χ4n) is 2.60. The number of hydrogen-bond acceptors (Lipinski definition) is 4. The minimum absolute atomic E-state index is 0.361. The summed E-state index contributed by atoms with van der Waals surface area (Å²) in [5, 5.41) is 0. The molecular weight excluding hydrogens is 340 g/mol. The van der Waals surface area contributed by atoms with E-state index >= 15 is 0 Å². The predicted octanol–water partition coefficient (Wildman–Crippen LogP) is 5.60. The van der Waals surface area contributed by atoms with Gasteiger partial charge in [-0.1, -0.05) is 45.2 Å². The molecule has 0 saturated heterocycles. The Morgan fingerprint density at radius 3 is 1.96 bits per heavy atom. The maximum atomic E-state index is 12.3. The van der Waals surface area contributed by atoms with Gasteiger partial charge in [0, 0.05) is 0 Å². The Balaban J connectivity index is 1.88. The molecule has 0 fully saturated rings. The van der Waals surface area contributed by atoms with Crippen molar-refractivity contribution < 1.29 is 19.1 Å². The van der Waals surface area contributed by atoms with Crippen LogP contribution in [0.2, 0.25) is 0 Å². The first kappa shape index (κ1) is 20.7. The van der Waals surface area contributed by atoms with Gasteiger partial charge in [0.25, 0.3) is 0 Å². The summed E-state index contributed by atoms with van der Waals surface area (Å²) in [6.45, 7) is 4.64. The van der Waals surface area contributed by atoms with E-state index in [4.69, 9.17) is 9.47 Å². The highest BCUT2D eigenvalue weighted by Gasteiger charge is 2.11. The molecule has 0 saturated carbocycles. The molecule has 27 heavy (non-hydrogen) atoms. The fraction of sp³-hybridized carbons (Fsp3) is 0.391. The molecule has 0 aromatic heterocycles. The number of esters is 2. The molecule has 2 aromatic rings. The molecule has 4 nitrogen and oxygen atoms in total. The molecule has 0 radical (unpaired) electrons. The smallest absolute Gasteiger partial charge is 0.343 e. The average molecular weight is 368 g/mol. The van der Waals surface area contributed by atoms with Gasteiger partial charge in [0.15, 0.2) is 0 Å². The van der Waals surface area contributed by atoms with E-state index in [1.54, 1.807) is 36.4 Å². The van der Waals surface area contributed by atoms with Crippen molar-refractivity contribution in [3.8, 4) is 5.75 Å².